The summed E-state index contributed by atoms with van der Waals surface area (Å²) in [5, 5.41) is 22.4. The minimum Gasteiger partial charge on any atom is -0.794 e. The number of hydrogen-bond acceptors (Lipinski definition) is 5. The van der Waals surface area contributed by atoms with Crippen molar-refractivity contribution in [1.82, 2.24) is 0 Å². The number of piperidine rings is 1. The minimum absolute atomic E-state index is 0.115. The first kappa shape index (κ1) is 22.1. The second kappa shape index (κ2) is 9.57. The fraction of sp³-hybridized carbons (Fsp3) is 0.280. The smallest absolute Gasteiger partial charge is 0.274 e. The number of nitriles is 1. The average molecular weight is 442 g/mol. The molecule has 2 amide bonds. The van der Waals surface area contributed by atoms with E-state index in [1.54, 1.807) is 47.2 Å². The predicted molar refractivity (Wildman–Crippen MR) is 127 cm³/mol. The van der Waals surface area contributed by atoms with E-state index >= 15 is 0 Å². The summed E-state index contributed by atoms with van der Waals surface area (Å²) in [6, 6.07) is 16.1. The summed E-state index contributed by atoms with van der Waals surface area (Å²) in [6.07, 6.45) is 2.76. The molecule has 2 aliphatic heterocycles. The fourth-order valence-corrected chi connectivity index (χ4v) is 4.10. The first-order valence-electron chi connectivity index (χ1n) is 10.8. The maximum Gasteiger partial charge on any atom is 0.274 e. The number of carbonyl (C=O) groups excluding carboxylic acids is 2. The minimum atomic E-state index is -0.474. The highest BCUT2D eigenvalue weighted by Crippen LogP contribution is 2.30. The van der Waals surface area contributed by atoms with E-state index in [9.17, 15) is 20.3 Å². The summed E-state index contributed by atoms with van der Waals surface area (Å²) in [4.78, 5) is 29.0. The molecule has 0 aliphatic carbocycles. The van der Waals surface area contributed by atoms with Gasteiger partial charge in [-0.2, -0.15) is 5.26 Å². The highest BCUT2D eigenvalue weighted by molar-refractivity contribution is 6.21. The predicted octanol–water partition coefficient (Wildman–Crippen LogP) is 3.85. The van der Waals surface area contributed by atoms with Gasteiger partial charge in [-0.3, -0.25) is 9.59 Å². The van der Waals surface area contributed by atoms with Crippen LogP contribution in [0.1, 0.15) is 25.7 Å². The van der Waals surface area contributed by atoms with Gasteiger partial charge in [0.15, 0.2) is 0 Å². The quantitative estimate of drug-likeness (QED) is 0.684. The molecule has 0 aromatic heterocycles. The lowest BCUT2D eigenvalue weighted by atomic mass is 9.99. The van der Waals surface area contributed by atoms with Crippen molar-refractivity contribution in [1.29, 1.82) is 5.26 Å². The number of methoxy groups -OCH3 is 1. The fourth-order valence-electron chi connectivity index (χ4n) is 4.10. The molecule has 1 saturated heterocycles. The molecule has 0 radical (unpaired) electrons. The Hall–Kier alpha value is -4.12. The molecule has 33 heavy (non-hydrogen) atoms. The summed E-state index contributed by atoms with van der Waals surface area (Å²) < 4.78 is 5.17. The summed E-state index contributed by atoms with van der Waals surface area (Å²) >= 11 is 0. The van der Waals surface area contributed by atoms with Gasteiger partial charge in [0.05, 0.1) is 13.2 Å². The number of hydrogen-bond donors (Lipinski definition) is 1. The number of anilines is 3. The van der Waals surface area contributed by atoms with Crippen LogP contribution in [0.4, 0.5) is 17.1 Å². The zero-order valence-corrected chi connectivity index (χ0v) is 18.4. The van der Waals surface area contributed by atoms with Crippen LogP contribution in [0.25, 0.3) is 5.41 Å². The molecule has 0 bridgehead atoms. The van der Waals surface area contributed by atoms with E-state index in [-0.39, 0.29) is 23.1 Å². The van der Waals surface area contributed by atoms with Crippen molar-refractivity contribution >= 4 is 34.6 Å². The normalized spacial score (nSPS) is 16.5. The van der Waals surface area contributed by atoms with Crippen LogP contribution in [0, 0.1) is 11.3 Å². The molecule has 168 valence electrons. The van der Waals surface area contributed by atoms with Gasteiger partial charge in [-0.25, -0.2) is 0 Å². The van der Waals surface area contributed by atoms with E-state index in [4.69, 9.17) is 4.74 Å². The number of amides is 2. The van der Waals surface area contributed by atoms with Crippen LogP contribution in [0.3, 0.4) is 0 Å². The number of carbonyl (C=O) groups is 2. The molecule has 2 heterocycles. The van der Waals surface area contributed by atoms with Gasteiger partial charge in [0.2, 0.25) is 5.91 Å². The maximum absolute atomic E-state index is 13.4. The van der Waals surface area contributed by atoms with Crippen molar-refractivity contribution in [3.63, 3.8) is 0 Å². The van der Waals surface area contributed by atoms with Crippen molar-refractivity contribution < 1.29 is 14.3 Å². The number of nitrogens with zero attached hydrogens (tertiary/aromatic N) is 4. The van der Waals surface area contributed by atoms with Gasteiger partial charge in [0, 0.05) is 36.6 Å². The SMILES string of the molecule is COc1ccc(NC2=C(C(=[N-])C#N)CCN(c3ccc(N4CCCCC4=O)cc3)C2=O)cc1. The summed E-state index contributed by atoms with van der Waals surface area (Å²) in [6.45, 7) is 1.02. The standard InChI is InChI=1S/C25H24N5O3/c1-33-20-11-5-17(6-12-20)28-24-21(22(27)16-26)13-15-30(25(24)32)19-9-7-18(8-10-19)29-14-3-2-4-23(29)31/h5-12,28H,2-4,13-15H2,1H3/q-1. The Morgan fingerprint density at radius 2 is 1.64 bits per heavy atom. The van der Waals surface area contributed by atoms with Gasteiger partial charge in [0.25, 0.3) is 5.91 Å². The Bertz CT molecular complexity index is 1150. The van der Waals surface area contributed by atoms with Gasteiger partial charge >= 0.3 is 0 Å². The zero-order chi connectivity index (χ0) is 23.4. The van der Waals surface area contributed by atoms with Crippen molar-refractivity contribution in [3.8, 4) is 11.8 Å². The van der Waals surface area contributed by atoms with Gasteiger partial charge in [0.1, 0.15) is 11.4 Å². The third kappa shape index (κ3) is 4.58. The molecule has 4 rings (SSSR count). The second-order valence-electron chi connectivity index (χ2n) is 7.89. The van der Waals surface area contributed by atoms with Crippen LogP contribution in [0.15, 0.2) is 59.8 Å². The Kier molecular flexibility index (Phi) is 6.41. The van der Waals surface area contributed by atoms with E-state index in [1.165, 1.54) is 0 Å². The Balaban J connectivity index is 1.60. The highest BCUT2D eigenvalue weighted by Gasteiger charge is 2.29. The third-order valence-corrected chi connectivity index (χ3v) is 5.89. The molecule has 0 atom stereocenters. The number of ether oxygens (including phenoxy) is 1. The Labute approximate surface area is 192 Å². The number of rotatable bonds is 6. The molecule has 0 unspecified atom stereocenters. The molecular weight excluding hydrogens is 418 g/mol. The summed E-state index contributed by atoms with van der Waals surface area (Å²) in [5.41, 5.74) is 2.08. The van der Waals surface area contributed by atoms with Crippen molar-refractivity contribution in [3.05, 3.63) is 65.2 Å². The van der Waals surface area contributed by atoms with Gasteiger partial charge in [-0.15, -0.1) is 0 Å². The highest BCUT2D eigenvalue weighted by atomic mass is 16.5. The van der Waals surface area contributed by atoms with E-state index < -0.39 is 5.71 Å². The molecule has 0 spiro atoms. The number of nitrogens with one attached hydrogen (secondary N) is 1. The molecule has 2 aliphatic rings. The molecule has 2 aromatic rings. The first-order valence-corrected chi connectivity index (χ1v) is 10.8. The Morgan fingerprint density at radius 3 is 2.24 bits per heavy atom. The van der Waals surface area contributed by atoms with Crippen LogP contribution in [0.5, 0.6) is 5.75 Å². The van der Waals surface area contributed by atoms with Gasteiger partial charge < -0.3 is 25.3 Å². The van der Waals surface area contributed by atoms with Crippen LogP contribution in [-0.2, 0) is 9.59 Å². The molecule has 8 heteroatoms. The molecule has 1 fully saturated rings. The van der Waals surface area contributed by atoms with Gasteiger partial charge in [-0.05, 0) is 73.4 Å². The monoisotopic (exact) mass is 442 g/mol. The number of benzene rings is 2. The lowest BCUT2D eigenvalue weighted by Crippen LogP contribution is -2.40. The van der Waals surface area contributed by atoms with Crippen molar-refractivity contribution in [2.45, 2.75) is 25.7 Å². The molecule has 0 saturated carbocycles. The summed E-state index contributed by atoms with van der Waals surface area (Å²) in [7, 11) is 1.57. The molecular formula is C25H24N5O3-. The molecule has 8 nitrogen and oxygen atoms in total. The van der Waals surface area contributed by atoms with E-state index in [1.807, 2.05) is 24.3 Å². The first-order chi connectivity index (χ1) is 16.0. The zero-order valence-electron chi connectivity index (χ0n) is 18.4. The Morgan fingerprint density at radius 1 is 0.970 bits per heavy atom. The lowest BCUT2D eigenvalue weighted by Gasteiger charge is -2.32. The second-order valence-corrected chi connectivity index (χ2v) is 7.89. The van der Waals surface area contributed by atoms with E-state index in [0.717, 1.165) is 18.5 Å². The van der Waals surface area contributed by atoms with Crippen LogP contribution >= 0.6 is 0 Å². The van der Waals surface area contributed by atoms with E-state index in [0.29, 0.717) is 43.1 Å². The van der Waals surface area contributed by atoms with Crippen LogP contribution in [0.2, 0.25) is 0 Å². The van der Waals surface area contributed by atoms with Gasteiger partial charge in [-0.1, -0.05) is 5.71 Å². The maximum atomic E-state index is 13.4. The third-order valence-electron chi connectivity index (χ3n) is 5.89. The van der Waals surface area contributed by atoms with Crippen molar-refractivity contribution in [2.75, 3.05) is 35.3 Å². The summed E-state index contributed by atoms with van der Waals surface area (Å²) in [5.74, 6) is 0.435. The van der Waals surface area contributed by atoms with E-state index in [2.05, 4.69) is 5.32 Å². The van der Waals surface area contributed by atoms with Crippen LogP contribution in [-0.4, -0.2) is 37.7 Å². The molecule has 2 aromatic carbocycles. The van der Waals surface area contributed by atoms with Crippen LogP contribution < -0.4 is 19.9 Å². The lowest BCUT2D eigenvalue weighted by molar-refractivity contribution is -0.119. The molecule has 1 N–H and O–H groups in total. The van der Waals surface area contributed by atoms with Crippen molar-refractivity contribution in [2.24, 2.45) is 0 Å². The largest absolute Gasteiger partial charge is 0.794 e. The topological polar surface area (TPSA) is 108 Å². The average Bonchev–Trinajstić information content (AvgIpc) is 2.85.